The molecule has 5 heteroatoms. The fraction of sp³-hybridized carbons (Fsp3) is 0.417. The lowest BCUT2D eigenvalue weighted by Crippen LogP contribution is -2.11. The third-order valence-electron chi connectivity index (χ3n) is 2.02. The molecule has 0 bridgehead atoms. The van der Waals surface area contributed by atoms with Crippen molar-refractivity contribution < 1.29 is 19.1 Å². The molecule has 0 amide bonds. The van der Waals surface area contributed by atoms with Gasteiger partial charge in [0.05, 0.1) is 19.2 Å². The predicted octanol–water partition coefficient (Wildman–Crippen LogP) is 1.50. The van der Waals surface area contributed by atoms with Crippen molar-refractivity contribution in [3.05, 3.63) is 24.0 Å². The topological polar surface area (TPSA) is 65.5 Å². The van der Waals surface area contributed by atoms with E-state index in [1.165, 1.54) is 12.4 Å². The van der Waals surface area contributed by atoms with Crippen LogP contribution >= 0.6 is 0 Å². The van der Waals surface area contributed by atoms with E-state index in [-0.39, 0.29) is 24.8 Å². The van der Waals surface area contributed by atoms with Crippen LogP contribution in [0.1, 0.15) is 25.8 Å². The Bertz CT molecular complexity index is 403. The lowest BCUT2D eigenvalue weighted by Gasteiger charge is -2.08. The molecule has 92 valence electrons. The molecular weight excluding hydrogens is 222 g/mol. The molecule has 0 saturated heterocycles. The van der Waals surface area contributed by atoms with Gasteiger partial charge in [-0.05, 0) is 13.0 Å². The van der Waals surface area contributed by atoms with Gasteiger partial charge in [-0.25, -0.2) is 0 Å². The Morgan fingerprint density at radius 2 is 2.06 bits per heavy atom. The van der Waals surface area contributed by atoms with Gasteiger partial charge in [0, 0.05) is 18.2 Å². The third kappa shape index (κ3) is 4.22. The Hall–Kier alpha value is -1.91. The summed E-state index contributed by atoms with van der Waals surface area (Å²) in [5.74, 6) is -0.400. The molecule has 0 N–H and O–H groups in total. The van der Waals surface area contributed by atoms with Gasteiger partial charge in [-0.1, -0.05) is 6.92 Å². The average Bonchev–Trinajstić information content (AvgIpc) is 2.31. The highest BCUT2D eigenvalue weighted by atomic mass is 16.5. The number of carbonyl (C=O) groups excluding carboxylic acids is 2. The van der Waals surface area contributed by atoms with Crippen LogP contribution in [0.15, 0.2) is 18.5 Å². The predicted molar refractivity (Wildman–Crippen MR) is 60.5 cm³/mol. The smallest absolute Gasteiger partial charge is 0.310 e. The maximum absolute atomic E-state index is 11.3. The van der Waals surface area contributed by atoms with Crippen LogP contribution in [-0.2, 0) is 20.7 Å². The van der Waals surface area contributed by atoms with Crippen LogP contribution in [-0.4, -0.2) is 23.5 Å². The summed E-state index contributed by atoms with van der Waals surface area (Å²) in [6.45, 7) is 3.76. The molecule has 1 heterocycles. The number of carbonyl (C=O) groups is 2. The maximum Gasteiger partial charge on any atom is 0.310 e. The highest BCUT2D eigenvalue weighted by Crippen LogP contribution is 2.18. The van der Waals surface area contributed by atoms with Gasteiger partial charge in [0.2, 0.25) is 0 Å². The molecule has 1 aromatic heterocycles. The van der Waals surface area contributed by atoms with Gasteiger partial charge < -0.3 is 9.47 Å². The summed E-state index contributed by atoms with van der Waals surface area (Å²) in [6, 6.07) is 1.63. The van der Waals surface area contributed by atoms with Crippen molar-refractivity contribution in [3.63, 3.8) is 0 Å². The van der Waals surface area contributed by atoms with Gasteiger partial charge in [0.1, 0.15) is 0 Å². The molecule has 17 heavy (non-hydrogen) atoms. The number of esters is 2. The van der Waals surface area contributed by atoms with Crippen molar-refractivity contribution in [1.82, 2.24) is 4.98 Å². The summed E-state index contributed by atoms with van der Waals surface area (Å²) in [5.41, 5.74) is 0.597. The molecule has 5 nitrogen and oxygen atoms in total. The molecule has 0 unspecified atom stereocenters. The lowest BCUT2D eigenvalue weighted by molar-refractivity contribution is -0.142. The second-order valence-electron chi connectivity index (χ2n) is 3.29. The molecule has 1 aromatic rings. The molecule has 0 spiro atoms. The number of ether oxygens (including phenoxy) is 2. The van der Waals surface area contributed by atoms with Gasteiger partial charge in [-0.3, -0.25) is 14.6 Å². The van der Waals surface area contributed by atoms with Crippen LogP contribution in [0.3, 0.4) is 0 Å². The normalized spacial score (nSPS) is 9.76. The van der Waals surface area contributed by atoms with Crippen LogP contribution < -0.4 is 4.74 Å². The van der Waals surface area contributed by atoms with E-state index >= 15 is 0 Å². The van der Waals surface area contributed by atoms with Gasteiger partial charge in [0.15, 0.2) is 5.75 Å². The first kappa shape index (κ1) is 13.2. The Morgan fingerprint density at radius 3 is 2.71 bits per heavy atom. The van der Waals surface area contributed by atoms with E-state index in [2.05, 4.69) is 4.98 Å². The van der Waals surface area contributed by atoms with E-state index < -0.39 is 0 Å². The second-order valence-corrected chi connectivity index (χ2v) is 3.29. The fourth-order valence-corrected chi connectivity index (χ4v) is 1.21. The Morgan fingerprint density at radius 1 is 1.29 bits per heavy atom. The minimum Gasteiger partial charge on any atom is -0.466 e. The standard InChI is InChI=1S/C12H15NO4/c1-3-11(14)17-10-8-13-6-5-9(10)7-12(15)16-4-2/h5-6,8H,3-4,7H2,1-2H3. The number of pyridine rings is 1. The van der Waals surface area contributed by atoms with Gasteiger partial charge in [0.25, 0.3) is 0 Å². The van der Waals surface area contributed by atoms with E-state index in [0.29, 0.717) is 17.9 Å². The SMILES string of the molecule is CCOC(=O)Cc1ccncc1OC(=O)CC. The van der Waals surface area contributed by atoms with E-state index in [9.17, 15) is 9.59 Å². The van der Waals surface area contributed by atoms with Crippen molar-refractivity contribution in [2.45, 2.75) is 26.7 Å². The Balaban J connectivity index is 2.77. The molecule has 0 saturated carbocycles. The Kier molecular flexibility index (Phi) is 5.13. The molecule has 0 aliphatic heterocycles. The van der Waals surface area contributed by atoms with E-state index in [1.807, 2.05) is 0 Å². The van der Waals surface area contributed by atoms with E-state index in [1.54, 1.807) is 19.9 Å². The van der Waals surface area contributed by atoms with Crippen LogP contribution in [0.25, 0.3) is 0 Å². The molecular formula is C12H15NO4. The number of hydrogen-bond donors (Lipinski definition) is 0. The Labute approximate surface area is 99.8 Å². The second kappa shape index (κ2) is 6.62. The largest absolute Gasteiger partial charge is 0.466 e. The van der Waals surface area contributed by atoms with Crippen molar-refractivity contribution >= 4 is 11.9 Å². The summed E-state index contributed by atoms with van der Waals surface area (Å²) >= 11 is 0. The number of hydrogen-bond acceptors (Lipinski definition) is 5. The molecule has 1 rings (SSSR count). The zero-order valence-electron chi connectivity index (χ0n) is 9.93. The molecule has 0 fully saturated rings. The van der Waals surface area contributed by atoms with E-state index in [4.69, 9.17) is 9.47 Å². The molecule has 0 aliphatic rings. The van der Waals surface area contributed by atoms with Gasteiger partial charge in [-0.15, -0.1) is 0 Å². The van der Waals surface area contributed by atoms with Crippen LogP contribution in [0.4, 0.5) is 0 Å². The number of nitrogens with zero attached hydrogens (tertiary/aromatic N) is 1. The summed E-state index contributed by atoms with van der Waals surface area (Å²) in [7, 11) is 0. The third-order valence-corrected chi connectivity index (χ3v) is 2.02. The summed E-state index contributed by atoms with van der Waals surface area (Å²) < 4.78 is 9.90. The first-order valence-corrected chi connectivity index (χ1v) is 5.46. The summed E-state index contributed by atoms with van der Waals surface area (Å²) in [4.78, 5) is 26.4. The molecule has 0 aliphatic carbocycles. The average molecular weight is 237 g/mol. The zero-order chi connectivity index (χ0) is 12.7. The highest BCUT2D eigenvalue weighted by Gasteiger charge is 2.12. The van der Waals surface area contributed by atoms with Gasteiger partial charge >= 0.3 is 11.9 Å². The monoisotopic (exact) mass is 237 g/mol. The van der Waals surface area contributed by atoms with Crippen molar-refractivity contribution in [2.75, 3.05) is 6.61 Å². The van der Waals surface area contributed by atoms with Crippen molar-refractivity contribution in [2.24, 2.45) is 0 Å². The van der Waals surface area contributed by atoms with Crippen molar-refractivity contribution in [3.8, 4) is 5.75 Å². The summed E-state index contributed by atoms with van der Waals surface area (Å²) in [5, 5.41) is 0. The first-order valence-electron chi connectivity index (χ1n) is 5.46. The molecule has 0 atom stereocenters. The van der Waals surface area contributed by atoms with Crippen LogP contribution in [0, 0.1) is 0 Å². The van der Waals surface area contributed by atoms with Crippen LogP contribution in [0.2, 0.25) is 0 Å². The zero-order valence-corrected chi connectivity index (χ0v) is 9.93. The maximum atomic E-state index is 11.3. The molecule has 0 aromatic carbocycles. The minimum atomic E-state index is -0.358. The number of aromatic nitrogens is 1. The first-order chi connectivity index (χ1) is 8.17. The highest BCUT2D eigenvalue weighted by molar-refractivity contribution is 5.75. The van der Waals surface area contributed by atoms with Crippen LogP contribution in [0.5, 0.6) is 5.75 Å². The van der Waals surface area contributed by atoms with Gasteiger partial charge in [-0.2, -0.15) is 0 Å². The quantitative estimate of drug-likeness (QED) is 0.726. The van der Waals surface area contributed by atoms with Crippen molar-refractivity contribution in [1.29, 1.82) is 0 Å². The number of rotatable bonds is 5. The summed E-state index contributed by atoms with van der Waals surface area (Å²) in [6.07, 6.45) is 3.30. The molecule has 0 radical (unpaired) electrons. The minimum absolute atomic E-state index is 0.0721. The lowest BCUT2D eigenvalue weighted by atomic mass is 10.2. The van der Waals surface area contributed by atoms with E-state index in [0.717, 1.165) is 0 Å². The fourth-order valence-electron chi connectivity index (χ4n) is 1.21.